The molecule has 6 nitrogen and oxygen atoms in total. The largest absolute Gasteiger partial charge is 0.493 e. The lowest BCUT2D eigenvalue weighted by molar-refractivity contribution is -0.123. The maximum absolute atomic E-state index is 13.5. The molecule has 0 spiro atoms. The number of amides is 2. The van der Waals surface area contributed by atoms with E-state index in [9.17, 15) is 14.0 Å². The van der Waals surface area contributed by atoms with Crippen LogP contribution >= 0.6 is 27.7 Å². The second kappa shape index (κ2) is 11.6. The van der Waals surface area contributed by atoms with Gasteiger partial charge in [-0.1, -0.05) is 29.8 Å². The van der Waals surface area contributed by atoms with E-state index in [0.29, 0.717) is 37.8 Å². The van der Waals surface area contributed by atoms with E-state index in [1.54, 1.807) is 30.3 Å². The number of methoxy groups -OCH3 is 1. The number of ether oxygens (including phenoxy) is 3. The zero-order valence-corrected chi connectivity index (χ0v) is 22.0. The van der Waals surface area contributed by atoms with Crippen LogP contribution in [-0.2, 0) is 11.4 Å². The molecule has 4 rings (SSSR count). The fourth-order valence-electron chi connectivity index (χ4n) is 3.48. The molecule has 1 saturated heterocycles. The van der Waals surface area contributed by atoms with Gasteiger partial charge in [-0.25, -0.2) is 4.39 Å². The molecule has 3 aromatic carbocycles. The first-order valence-electron chi connectivity index (χ1n) is 11.0. The molecule has 0 radical (unpaired) electrons. The van der Waals surface area contributed by atoms with E-state index in [2.05, 4.69) is 15.9 Å². The lowest BCUT2D eigenvalue weighted by atomic mass is 10.1. The smallest absolute Gasteiger partial charge is 0.293 e. The molecule has 0 saturated carbocycles. The molecule has 0 aromatic heterocycles. The first kappa shape index (κ1) is 25.8. The van der Waals surface area contributed by atoms with Gasteiger partial charge in [0.25, 0.3) is 11.1 Å². The minimum atomic E-state index is -0.376. The summed E-state index contributed by atoms with van der Waals surface area (Å²) in [5, 5.41) is -0.347. The van der Waals surface area contributed by atoms with Gasteiger partial charge in [0.05, 0.1) is 23.0 Å². The summed E-state index contributed by atoms with van der Waals surface area (Å²) in [4.78, 5) is 26.8. The molecule has 0 N–H and O–H groups in total. The van der Waals surface area contributed by atoms with Crippen molar-refractivity contribution in [2.24, 2.45) is 0 Å². The summed E-state index contributed by atoms with van der Waals surface area (Å²) in [5.41, 5.74) is 2.44. The number of imide groups is 1. The van der Waals surface area contributed by atoms with E-state index < -0.39 is 0 Å². The fraction of sp³-hybridized carbons (Fsp3) is 0.185. The third-order valence-electron chi connectivity index (χ3n) is 5.30. The molecule has 1 fully saturated rings. The number of rotatable bonds is 9. The van der Waals surface area contributed by atoms with Crippen molar-refractivity contribution < 1.29 is 28.2 Å². The van der Waals surface area contributed by atoms with E-state index in [0.717, 1.165) is 17.3 Å². The molecule has 9 heteroatoms. The van der Waals surface area contributed by atoms with E-state index in [-0.39, 0.29) is 36.7 Å². The van der Waals surface area contributed by atoms with Crippen LogP contribution in [0.4, 0.5) is 9.18 Å². The quantitative estimate of drug-likeness (QED) is 0.269. The van der Waals surface area contributed by atoms with Gasteiger partial charge in [-0.15, -0.1) is 0 Å². The number of carbonyl (C=O) groups excluding carboxylic acids is 2. The van der Waals surface area contributed by atoms with Crippen molar-refractivity contribution in [1.29, 1.82) is 0 Å². The SMILES string of the molecule is COc1cc(/C=C2\SC(=O)N(CCOc3ccc(C)cc3)C2=O)cc(Br)c1OCc1cccc(F)c1. The van der Waals surface area contributed by atoms with Crippen molar-refractivity contribution in [3.05, 3.63) is 92.5 Å². The van der Waals surface area contributed by atoms with E-state index in [1.807, 2.05) is 31.2 Å². The molecule has 1 aliphatic heterocycles. The summed E-state index contributed by atoms with van der Waals surface area (Å²) in [7, 11) is 1.50. The van der Waals surface area contributed by atoms with Crippen LogP contribution in [0.15, 0.2) is 70.0 Å². The Morgan fingerprint density at radius 2 is 1.83 bits per heavy atom. The first-order valence-corrected chi connectivity index (χ1v) is 12.6. The van der Waals surface area contributed by atoms with Crippen molar-refractivity contribution in [1.82, 2.24) is 4.90 Å². The van der Waals surface area contributed by atoms with Gasteiger partial charge in [0.15, 0.2) is 11.5 Å². The van der Waals surface area contributed by atoms with Crippen LogP contribution in [0.1, 0.15) is 16.7 Å². The Morgan fingerprint density at radius 1 is 1.06 bits per heavy atom. The highest BCUT2D eigenvalue weighted by molar-refractivity contribution is 9.10. The van der Waals surface area contributed by atoms with Crippen LogP contribution in [0.25, 0.3) is 6.08 Å². The van der Waals surface area contributed by atoms with Crippen LogP contribution < -0.4 is 14.2 Å². The topological polar surface area (TPSA) is 65.1 Å². The minimum absolute atomic E-state index is 0.148. The summed E-state index contributed by atoms with van der Waals surface area (Å²) >= 11 is 4.36. The molecular weight excluding hydrogens is 549 g/mol. The predicted molar refractivity (Wildman–Crippen MR) is 141 cm³/mol. The lowest BCUT2D eigenvalue weighted by Crippen LogP contribution is -2.32. The average molecular weight is 572 g/mol. The van der Waals surface area contributed by atoms with Gasteiger partial charge in [0.2, 0.25) is 0 Å². The molecule has 0 atom stereocenters. The summed E-state index contributed by atoms with van der Waals surface area (Å²) < 4.78 is 31.0. The lowest BCUT2D eigenvalue weighted by Gasteiger charge is -2.14. The summed E-state index contributed by atoms with van der Waals surface area (Å²) in [6.07, 6.45) is 1.63. The Labute approximate surface area is 221 Å². The first-order chi connectivity index (χ1) is 17.3. The zero-order chi connectivity index (χ0) is 25.7. The Morgan fingerprint density at radius 3 is 2.56 bits per heavy atom. The predicted octanol–water partition coefficient (Wildman–Crippen LogP) is 6.60. The Kier molecular flexibility index (Phi) is 8.32. The standard InChI is InChI=1S/C27H23BrFNO5S/c1-17-6-8-21(9-7-17)34-11-10-30-26(31)24(36-27(30)32)15-19-13-22(28)25(23(14-19)33-2)35-16-18-4-3-5-20(29)12-18/h3-9,12-15H,10-11,16H2,1-2H3/b24-15-. The third-order valence-corrected chi connectivity index (χ3v) is 6.80. The highest BCUT2D eigenvalue weighted by Crippen LogP contribution is 2.39. The maximum atomic E-state index is 13.5. The molecular formula is C27H23BrFNO5S. The molecule has 0 aliphatic carbocycles. The third kappa shape index (κ3) is 6.27. The van der Waals surface area contributed by atoms with E-state index in [4.69, 9.17) is 14.2 Å². The van der Waals surface area contributed by atoms with Crippen molar-refractivity contribution in [2.75, 3.05) is 20.3 Å². The number of aryl methyl sites for hydroxylation is 1. The number of carbonyl (C=O) groups is 2. The molecule has 2 amide bonds. The Hall–Kier alpha value is -3.30. The molecule has 186 valence electrons. The van der Waals surface area contributed by atoms with E-state index in [1.165, 1.54) is 24.1 Å². The van der Waals surface area contributed by atoms with Gasteiger partial charge in [-0.3, -0.25) is 14.5 Å². The second-order valence-electron chi connectivity index (χ2n) is 7.95. The summed E-state index contributed by atoms with van der Waals surface area (Å²) in [5.74, 6) is 0.838. The highest BCUT2D eigenvalue weighted by Gasteiger charge is 2.35. The van der Waals surface area contributed by atoms with Crippen molar-refractivity contribution in [2.45, 2.75) is 13.5 Å². The number of nitrogens with zero attached hydrogens (tertiary/aromatic N) is 1. The van der Waals surface area contributed by atoms with Crippen LogP contribution in [0.3, 0.4) is 0 Å². The van der Waals surface area contributed by atoms with E-state index >= 15 is 0 Å². The molecule has 1 aliphatic rings. The zero-order valence-electron chi connectivity index (χ0n) is 19.6. The summed E-state index contributed by atoms with van der Waals surface area (Å²) in [6, 6.07) is 17.2. The maximum Gasteiger partial charge on any atom is 0.293 e. The minimum Gasteiger partial charge on any atom is -0.493 e. The Bertz CT molecular complexity index is 1310. The monoisotopic (exact) mass is 571 g/mol. The number of hydrogen-bond donors (Lipinski definition) is 0. The highest BCUT2D eigenvalue weighted by atomic mass is 79.9. The fourth-order valence-corrected chi connectivity index (χ4v) is 4.92. The van der Waals surface area contributed by atoms with Crippen molar-refractivity contribution >= 4 is 44.9 Å². The van der Waals surface area contributed by atoms with Gasteiger partial charge in [0, 0.05) is 0 Å². The molecule has 1 heterocycles. The van der Waals surface area contributed by atoms with Gasteiger partial charge < -0.3 is 14.2 Å². The van der Waals surface area contributed by atoms with Gasteiger partial charge in [0.1, 0.15) is 24.8 Å². The molecule has 0 bridgehead atoms. The average Bonchev–Trinajstić information content (AvgIpc) is 3.11. The number of thioether (sulfide) groups is 1. The molecule has 3 aromatic rings. The van der Waals surface area contributed by atoms with Crippen molar-refractivity contribution in [3.8, 4) is 17.2 Å². The van der Waals surface area contributed by atoms with Crippen LogP contribution in [0, 0.1) is 12.7 Å². The van der Waals surface area contributed by atoms with Gasteiger partial charge >= 0.3 is 0 Å². The molecule has 36 heavy (non-hydrogen) atoms. The number of benzene rings is 3. The number of halogens is 2. The van der Waals surface area contributed by atoms with Crippen LogP contribution in [0.2, 0.25) is 0 Å². The van der Waals surface area contributed by atoms with Crippen LogP contribution in [-0.4, -0.2) is 36.3 Å². The molecule has 0 unspecified atom stereocenters. The van der Waals surface area contributed by atoms with Gasteiger partial charge in [-0.05, 0) is 88.2 Å². The number of hydrogen-bond acceptors (Lipinski definition) is 6. The second-order valence-corrected chi connectivity index (χ2v) is 9.80. The van der Waals surface area contributed by atoms with Crippen molar-refractivity contribution in [3.63, 3.8) is 0 Å². The normalized spacial score (nSPS) is 14.4. The van der Waals surface area contributed by atoms with Gasteiger partial charge in [-0.2, -0.15) is 0 Å². The summed E-state index contributed by atoms with van der Waals surface area (Å²) in [6.45, 7) is 2.48. The Balaban J connectivity index is 1.43. The van der Waals surface area contributed by atoms with Crippen LogP contribution in [0.5, 0.6) is 17.2 Å².